The Kier molecular flexibility index (Phi) is 4.66. The van der Waals surface area contributed by atoms with Gasteiger partial charge >= 0.3 is 5.97 Å². The van der Waals surface area contributed by atoms with Crippen LogP contribution >= 0.6 is 0 Å². The average molecular weight is 289 g/mol. The Hall–Kier alpha value is -1.84. The Morgan fingerprint density at radius 1 is 1.19 bits per heavy atom. The molecule has 1 aliphatic rings. The minimum atomic E-state index is -0.788. The second-order valence-corrected chi connectivity index (χ2v) is 6.08. The van der Waals surface area contributed by atoms with Crippen LogP contribution in [-0.4, -0.2) is 23.5 Å². The first-order chi connectivity index (χ1) is 9.96. The van der Waals surface area contributed by atoms with Crippen molar-refractivity contribution in [2.45, 2.75) is 46.0 Å². The van der Waals surface area contributed by atoms with Gasteiger partial charge < -0.3 is 10.4 Å². The topological polar surface area (TPSA) is 66.4 Å². The summed E-state index contributed by atoms with van der Waals surface area (Å²) in [5, 5.41) is 12.4. The summed E-state index contributed by atoms with van der Waals surface area (Å²) in [4.78, 5) is 23.9. The van der Waals surface area contributed by atoms with E-state index in [0.717, 1.165) is 30.4 Å². The highest BCUT2D eigenvalue weighted by molar-refractivity contribution is 5.96. The van der Waals surface area contributed by atoms with Crippen LogP contribution in [-0.2, 0) is 4.79 Å². The highest BCUT2D eigenvalue weighted by Crippen LogP contribution is 2.36. The van der Waals surface area contributed by atoms with E-state index in [4.69, 9.17) is 0 Å². The summed E-state index contributed by atoms with van der Waals surface area (Å²) in [6.07, 6.45) is 4.22. The first-order valence-electron chi connectivity index (χ1n) is 7.54. The molecule has 0 bridgehead atoms. The molecule has 21 heavy (non-hydrogen) atoms. The second-order valence-electron chi connectivity index (χ2n) is 6.08. The van der Waals surface area contributed by atoms with Crippen molar-refractivity contribution in [3.8, 4) is 0 Å². The molecule has 2 N–H and O–H groups in total. The maximum Gasteiger partial charge on any atom is 0.311 e. The van der Waals surface area contributed by atoms with Crippen molar-refractivity contribution in [2.24, 2.45) is 5.41 Å². The van der Waals surface area contributed by atoms with Gasteiger partial charge in [0.2, 0.25) is 0 Å². The van der Waals surface area contributed by atoms with Gasteiger partial charge in [0.1, 0.15) is 0 Å². The third kappa shape index (κ3) is 3.26. The zero-order chi connectivity index (χ0) is 15.5. The van der Waals surface area contributed by atoms with Crippen LogP contribution in [0.25, 0.3) is 0 Å². The Morgan fingerprint density at radius 3 is 2.48 bits per heavy atom. The first-order valence-corrected chi connectivity index (χ1v) is 7.54. The molecule has 0 unspecified atom stereocenters. The van der Waals surface area contributed by atoms with E-state index in [9.17, 15) is 14.7 Å². The number of hydrogen-bond donors (Lipinski definition) is 2. The number of carboxylic acids is 1. The van der Waals surface area contributed by atoms with Gasteiger partial charge in [-0.15, -0.1) is 0 Å². The fourth-order valence-electron chi connectivity index (χ4n) is 3.04. The molecule has 1 saturated carbocycles. The van der Waals surface area contributed by atoms with Crippen LogP contribution in [0, 0.1) is 19.3 Å². The fraction of sp³-hybridized carbons (Fsp3) is 0.529. The number of benzene rings is 1. The van der Waals surface area contributed by atoms with Crippen LogP contribution in [0.2, 0.25) is 0 Å². The molecule has 1 aromatic carbocycles. The molecule has 0 heterocycles. The summed E-state index contributed by atoms with van der Waals surface area (Å²) in [6, 6.07) is 5.60. The molecule has 0 radical (unpaired) electrons. The largest absolute Gasteiger partial charge is 0.481 e. The van der Waals surface area contributed by atoms with Crippen molar-refractivity contribution < 1.29 is 14.7 Å². The number of rotatable bonds is 4. The zero-order valence-corrected chi connectivity index (χ0v) is 12.7. The van der Waals surface area contributed by atoms with E-state index in [-0.39, 0.29) is 12.5 Å². The molecule has 0 saturated heterocycles. The summed E-state index contributed by atoms with van der Waals surface area (Å²) in [7, 11) is 0. The fourth-order valence-corrected chi connectivity index (χ4v) is 3.04. The molecule has 0 aromatic heterocycles. The smallest absolute Gasteiger partial charge is 0.311 e. The van der Waals surface area contributed by atoms with Crippen molar-refractivity contribution in [2.75, 3.05) is 6.54 Å². The molecule has 1 aromatic rings. The van der Waals surface area contributed by atoms with Gasteiger partial charge in [-0.1, -0.05) is 31.4 Å². The van der Waals surface area contributed by atoms with Gasteiger partial charge in [0.05, 0.1) is 5.41 Å². The molecular weight excluding hydrogens is 266 g/mol. The Morgan fingerprint density at radius 2 is 1.86 bits per heavy atom. The minimum absolute atomic E-state index is 0.178. The lowest BCUT2D eigenvalue weighted by atomic mass is 9.74. The lowest BCUT2D eigenvalue weighted by molar-refractivity contribution is -0.150. The van der Waals surface area contributed by atoms with Crippen molar-refractivity contribution in [3.63, 3.8) is 0 Å². The number of aryl methyl sites for hydroxylation is 1. The quantitative estimate of drug-likeness (QED) is 0.895. The Bertz CT molecular complexity index is 545. The molecule has 4 heteroatoms. The van der Waals surface area contributed by atoms with Crippen molar-refractivity contribution in [3.05, 3.63) is 34.9 Å². The van der Waals surface area contributed by atoms with Crippen molar-refractivity contribution in [1.82, 2.24) is 5.32 Å². The van der Waals surface area contributed by atoms with E-state index in [0.29, 0.717) is 18.4 Å². The van der Waals surface area contributed by atoms with E-state index in [2.05, 4.69) is 5.32 Å². The van der Waals surface area contributed by atoms with Crippen LogP contribution in [0.4, 0.5) is 0 Å². The van der Waals surface area contributed by atoms with Crippen LogP contribution in [0.5, 0.6) is 0 Å². The third-order valence-corrected chi connectivity index (χ3v) is 4.70. The standard InChI is InChI=1S/C17H23NO3/c1-12-7-6-8-14(13(12)2)15(19)18-11-17(16(20)21)9-4-3-5-10-17/h6-8H,3-5,9-11H2,1-2H3,(H,18,19)(H,20,21). The maximum atomic E-state index is 12.3. The predicted molar refractivity (Wildman–Crippen MR) is 81.4 cm³/mol. The second kappa shape index (κ2) is 6.29. The van der Waals surface area contributed by atoms with Gasteiger partial charge in [-0.25, -0.2) is 0 Å². The van der Waals surface area contributed by atoms with Crippen LogP contribution in [0.3, 0.4) is 0 Å². The Balaban J connectivity index is 2.09. The monoisotopic (exact) mass is 289 g/mol. The van der Waals surface area contributed by atoms with Gasteiger partial charge in [-0.05, 0) is 43.9 Å². The van der Waals surface area contributed by atoms with Gasteiger partial charge in [0, 0.05) is 12.1 Å². The van der Waals surface area contributed by atoms with Crippen LogP contribution in [0.1, 0.15) is 53.6 Å². The maximum absolute atomic E-state index is 12.3. The van der Waals surface area contributed by atoms with E-state index >= 15 is 0 Å². The van der Waals surface area contributed by atoms with Gasteiger partial charge in [0.25, 0.3) is 5.91 Å². The minimum Gasteiger partial charge on any atom is -0.481 e. The summed E-state index contributed by atoms with van der Waals surface area (Å²) in [6.45, 7) is 4.10. The molecule has 0 spiro atoms. The summed E-state index contributed by atoms with van der Waals surface area (Å²) in [5.41, 5.74) is 1.86. The van der Waals surface area contributed by atoms with Gasteiger partial charge in [0.15, 0.2) is 0 Å². The summed E-state index contributed by atoms with van der Waals surface area (Å²) < 4.78 is 0. The number of hydrogen-bond acceptors (Lipinski definition) is 2. The SMILES string of the molecule is Cc1cccc(C(=O)NCC2(C(=O)O)CCCCC2)c1C. The number of carboxylic acid groups (broad SMARTS) is 1. The molecule has 114 valence electrons. The zero-order valence-electron chi connectivity index (χ0n) is 12.7. The molecule has 4 nitrogen and oxygen atoms in total. The third-order valence-electron chi connectivity index (χ3n) is 4.70. The van der Waals surface area contributed by atoms with Gasteiger partial charge in [-0.2, -0.15) is 0 Å². The molecule has 1 aliphatic carbocycles. The molecule has 1 amide bonds. The Labute approximate surface area is 125 Å². The molecular formula is C17H23NO3. The molecule has 2 rings (SSSR count). The van der Waals surface area contributed by atoms with Crippen LogP contribution in [0.15, 0.2) is 18.2 Å². The lowest BCUT2D eigenvalue weighted by Crippen LogP contribution is -2.44. The van der Waals surface area contributed by atoms with E-state index < -0.39 is 11.4 Å². The number of amides is 1. The normalized spacial score (nSPS) is 17.2. The summed E-state index contributed by atoms with van der Waals surface area (Å²) in [5.74, 6) is -0.967. The average Bonchev–Trinajstić information content (AvgIpc) is 2.48. The number of aliphatic carboxylic acids is 1. The first kappa shape index (κ1) is 15.5. The lowest BCUT2D eigenvalue weighted by Gasteiger charge is -2.33. The predicted octanol–water partition coefficient (Wildman–Crippen LogP) is 3.07. The van der Waals surface area contributed by atoms with Crippen LogP contribution < -0.4 is 5.32 Å². The highest BCUT2D eigenvalue weighted by Gasteiger charge is 2.39. The molecule has 1 fully saturated rings. The van der Waals surface area contributed by atoms with E-state index in [1.807, 2.05) is 26.0 Å². The summed E-state index contributed by atoms with van der Waals surface area (Å²) >= 11 is 0. The van der Waals surface area contributed by atoms with E-state index in [1.54, 1.807) is 6.07 Å². The van der Waals surface area contributed by atoms with Gasteiger partial charge in [-0.3, -0.25) is 9.59 Å². The number of nitrogens with one attached hydrogen (secondary N) is 1. The number of carbonyl (C=O) groups is 2. The molecule has 0 atom stereocenters. The molecule has 0 aliphatic heterocycles. The van der Waals surface area contributed by atoms with Crippen molar-refractivity contribution >= 4 is 11.9 Å². The van der Waals surface area contributed by atoms with Crippen molar-refractivity contribution in [1.29, 1.82) is 0 Å². The van der Waals surface area contributed by atoms with E-state index in [1.165, 1.54) is 0 Å². The number of carbonyl (C=O) groups excluding carboxylic acids is 1. The highest BCUT2D eigenvalue weighted by atomic mass is 16.4.